The SMILES string of the molecule is COc1c(C)c(N)cc(C)c1C(=O)O. The Hall–Kier alpha value is -1.71. The molecule has 0 unspecified atom stereocenters. The number of rotatable bonds is 2. The molecule has 0 aliphatic rings. The van der Waals surface area contributed by atoms with Gasteiger partial charge in [0.2, 0.25) is 0 Å². The van der Waals surface area contributed by atoms with Crippen LogP contribution in [0.3, 0.4) is 0 Å². The van der Waals surface area contributed by atoms with Gasteiger partial charge in [-0.1, -0.05) is 0 Å². The Labute approximate surface area is 82.3 Å². The molecule has 3 N–H and O–H groups in total. The van der Waals surface area contributed by atoms with Gasteiger partial charge in [-0.3, -0.25) is 0 Å². The molecule has 0 amide bonds. The lowest BCUT2D eigenvalue weighted by atomic mass is 10.0. The van der Waals surface area contributed by atoms with Crippen molar-refractivity contribution in [3.63, 3.8) is 0 Å². The Kier molecular flexibility index (Phi) is 2.65. The standard InChI is InChI=1S/C10H13NO3/c1-5-4-7(11)6(2)9(14-3)8(5)10(12)13/h4H,11H2,1-3H3,(H,12,13). The lowest BCUT2D eigenvalue weighted by molar-refractivity contribution is 0.0692. The Morgan fingerprint density at radius 3 is 2.50 bits per heavy atom. The first-order valence-electron chi connectivity index (χ1n) is 4.16. The highest BCUT2D eigenvalue weighted by atomic mass is 16.5. The summed E-state index contributed by atoms with van der Waals surface area (Å²) < 4.78 is 5.04. The van der Waals surface area contributed by atoms with Crippen molar-refractivity contribution in [2.75, 3.05) is 12.8 Å². The van der Waals surface area contributed by atoms with E-state index < -0.39 is 5.97 Å². The number of carboxylic acid groups (broad SMARTS) is 1. The van der Waals surface area contributed by atoms with Crippen LogP contribution < -0.4 is 10.5 Å². The number of carboxylic acids is 1. The molecule has 0 aliphatic heterocycles. The molecule has 14 heavy (non-hydrogen) atoms. The maximum atomic E-state index is 10.9. The Morgan fingerprint density at radius 2 is 2.07 bits per heavy atom. The van der Waals surface area contributed by atoms with Crippen LogP contribution in [0.2, 0.25) is 0 Å². The molecule has 0 radical (unpaired) electrons. The predicted octanol–water partition coefficient (Wildman–Crippen LogP) is 1.59. The summed E-state index contributed by atoms with van der Waals surface area (Å²) in [7, 11) is 1.44. The predicted molar refractivity (Wildman–Crippen MR) is 53.8 cm³/mol. The Morgan fingerprint density at radius 1 is 1.50 bits per heavy atom. The first kappa shape index (κ1) is 10.4. The van der Waals surface area contributed by atoms with Crippen molar-refractivity contribution >= 4 is 11.7 Å². The van der Waals surface area contributed by atoms with E-state index in [4.69, 9.17) is 15.6 Å². The van der Waals surface area contributed by atoms with Gasteiger partial charge in [0, 0.05) is 11.3 Å². The average Bonchev–Trinajstić information content (AvgIpc) is 2.09. The summed E-state index contributed by atoms with van der Waals surface area (Å²) in [4.78, 5) is 10.9. The Bertz CT molecular complexity index is 385. The molecular weight excluding hydrogens is 182 g/mol. The summed E-state index contributed by atoms with van der Waals surface area (Å²) in [5.74, 6) is -0.655. The number of methoxy groups -OCH3 is 1. The zero-order valence-electron chi connectivity index (χ0n) is 8.42. The fraction of sp³-hybridized carbons (Fsp3) is 0.300. The van der Waals surface area contributed by atoms with E-state index in [1.165, 1.54) is 7.11 Å². The third kappa shape index (κ3) is 1.51. The van der Waals surface area contributed by atoms with Crippen LogP contribution in [0.1, 0.15) is 21.5 Å². The van der Waals surface area contributed by atoms with Crippen LogP contribution in [0, 0.1) is 13.8 Å². The summed E-state index contributed by atoms with van der Waals surface area (Å²) >= 11 is 0. The number of hydrogen-bond donors (Lipinski definition) is 2. The first-order valence-corrected chi connectivity index (χ1v) is 4.16. The molecule has 0 heterocycles. The molecule has 0 fully saturated rings. The van der Waals surface area contributed by atoms with Crippen molar-refractivity contribution in [3.8, 4) is 5.75 Å². The number of anilines is 1. The Balaban J connectivity index is 3.55. The van der Waals surface area contributed by atoms with Gasteiger partial charge in [0.25, 0.3) is 0 Å². The van der Waals surface area contributed by atoms with Crippen LogP contribution >= 0.6 is 0 Å². The third-order valence-electron chi connectivity index (χ3n) is 2.19. The van der Waals surface area contributed by atoms with Crippen LogP contribution in [0.15, 0.2) is 6.07 Å². The number of carbonyl (C=O) groups is 1. The maximum absolute atomic E-state index is 10.9. The zero-order valence-corrected chi connectivity index (χ0v) is 8.42. The van der Waals surface area contributed by atoms with Gasteiger partial charge in [0.15, 0.2) is 0 Å². The lowest BCUT2D eigenvalue weighted by Crippen LogP contribution is -2.07. The number of nitrogens with two attached hydrogens (primary N) is 1. The molecular formula is C10H13NO3. The summed E-state index contributed by atoms with van der Waals surface area (Å²) in [6.07, 6.45) is 0. The average molecular weight is 195 g/mol. The second-order valence-electron chi connectivity index (χ2n) is 3.12. The number of ether oxygens (including phenoxy) is 1. The highest BCUT2D eigenvalue weighted by molar-refractivity contribution is 5.94. The molecule has 0 bridgehead atoms. The molecule has 4 heteroatoms. The molecule has 0 saturated carbocycles. The van der Waals surface area contributed by atoms with Crippen LogP contribution in [0.4, 0.5) is 5.69 Å². The van der Waals surface area contributed by atoms with E-state index in [-0.39, 0.29) is 5.56 Å². The molecule has 0 aromatic heterocycles. The van der Waals surface area contributed by atoms with Gasteiger partial charge in [0.05, 0.1) is 7.11 Å². The number of benzene rings is 1. The number of aryl methyl sites for hydroxylation is 1. The van der Waals surface area contributed by atoms with E-state index in [0.29, 0.717) is 22.6 Å². The molecule has 4 nitrogen and oxygen atoms in total. The monoisotopic (exact) mass is 195 g/mol. The summed E-state index contributed by atoms with van der Waals surface area (Å²) in [6.45, 7) is 3.43. The second-order valence-corrected chi connectivity index (χ2v) is 3.12. The van der Waals surface area contributed by atoms with E-state index in [0.717, 1.165) is 0 Å². The number of aromatic carboxylic acids is 1. The fourth-order valence-corrected chi connectivity index (χ4v) is 1.43. The quantitative estimate of drug-likeness (QED) is 0.703. The molecule has 1 aromatic carbocycles. The molecule has 76 valence electrons. The van der Waals surface area contributed by atoms with Crippen molar-refractivity contribution in [1.29, 1.82) is 0 Å². The minimum Gasteiger partial charge on any atom is -0.495 e. The smallest absolute Gasteiger partial charge is 0.339 e. The van der Waals surface area contributed by atoms with E-state index >= 15 is 0 Å². The molecule has 1 rings (SSSR count). The van der Waals surface area contributed by atoms with E-state index in [2.05, 4.69) is 0 Å². The minimum absolute atomic E-state index is 0.180. The van der Waals surface area contributed by atoms with Gasteiger partial charge < -0.3 is 15.6 Å². The maximum Gasteiger partial charge on any atom is 0.339 e. The van der Waals surface area contributed by atoms with Gasteiger partial charge in [-0.15, -0.1) is 0 Å². The number of nitrogen functional groups attached to an aromatic ring is 1. The minimum atomic E-state index is -0.998. The van der Waals surface area contributed by atoms with Crippen molar-refractivity contribution in [2.45, 2.75) is 13.8 Å². The van der Waals surface area contributed by atoms with Gasteiger partial charge in [-0.25, -0.2) is 4.79 Å². The summed E-state index contributed by atoms with van der Waals surface area (Å²) in [6, 6.07) is 1.64. The largest absolute Gasteiger partial charge is 0.495 e. The van der Waals surface area contributed by atoms with Crippen molar-refractivity contribution in [2.24, 2.45) is 0 Å². The molecule has 0 spiro atoms. The van der Waals surface area contributed by atoms with Gasteiger partial charge in [-0.05, 0) is 25.5 Å². The topological polar surface area (TPSA) is 72.5 Å². The van der Waals surface area contributed by atoms with Crippen LogP contribution in [0.5, 0.6) is 5.75 Å². The molecule has 0 aliphatic carbocycles. The molecule has 1 aromatic rings. The zero-order chi connectivity index (χ0) is 10.9. The van der Waals surface area contributed by atoms with Crippen molar-refractivity contribution in [3.05, 3.63) is 22.8 Å². The van der Waals surface area contributed by atoms with Gasteiger partial charge >= 0.3 is 5.97 Å². The van der Waals surface area contributed by atoms with E-state index in [1.54, 1.807) is 19.9 Å². The van der Waals surface area contributed by atoms with Gasteiger partial charge in [0.1, 0.15) is 11.3 Å². The molecule has 0 saturated heterocycles. The fourth-order valence-electron chi connectivity index (χ4n) is 1.43. The van der Waals surface area contributed by atoms with Crippen molar-refractivity contribution in [1.82, 2.24) is 0 Å². The highest BCUT2D eigenvalue weighted by Gasteiger charge is 2.18. The van der Waals surface area contributed by atoms with Crippen LogP contribution in [0.25, 0.3) is 0 Å². The third-order valence-corrected chi connectivity index (χ3v) is 2.19. The summed E-state index contributed by atoms with van der Waals surface area (Å²) in [5.41, 5.74) is 7.69. The normalized spacial score (nSPS) is 9.93. The first-order chi connectivity index (χ1) is 6.49. The summed E-state index contributed by atoms with van der Waals surface area (Å²) in [5, 5.41) is 8.97. The van der Waals surface area contributed by atoms with Crippen LogP contribution in [-0.2, 0) is 0 Å². The van der Waals surface area contributed by atoms with Crippen LogP contribution in [-0.4, -0.2) is 18.2 Å². The van der Waals surface area contributed by atoms with E-state index in [1.807, 2.05) is 0 Å². The number of hydrogen-bond acceptors (Lipinski definition) is 3. The van der Waals surface area contributed by atoms with Crippen molar-refractivity contribution < 1.29 is 14.6 Å². The highest BCUT2D eigenvalue weighted by Crippen LogP contribution is 2.30. The van der Waals surface area contributed by atoms with E-state index in [9.17, 15) is 4.79 Å². The van der Waals surface area contributed by atoms with Gasteiger partial charge in [-0.2, -0.15) is 0 Å². The second kappa shape index (κ2) is 3.57. The lowest BCUT2D eigenvalue weighted by Gasteiger charge is -2.13. The molecule has 0 atom stereocenters.